The van der Waals surface area contributed by atoms with Crippen LogP contribution in [0, 0.1) is 4.64 Å². The van der Waals surface area contributed by atoms with E-state index in [2.05, 4.69) is 23.8 Å². The van der Waals surface area contributed by atoms with Gasteiger partial charge in [0, 0.05) is 12.3 Å². The number of H-pyrrole nitrogens is 1. The molecule has 0 saturated heterocycles. The van der Waals surface area contributed by atoms with Gasteiger partial charge in [-0.05, 0) is 25.8 Å². The summed E-state index contributed by atoms with van der Waals surface area (Å²) in [6.45, 7) is 7.01. The first kappa shape index (κ1) is 14.3. The van der Waals surface area contributed by atoms with Crippen LogP contribution in [0.15, 0.2) is 6.07 Å². The maximum atomic E-state index is 5.72. The molecule has 0 fully saturated rings. The number of aryl methyl sites for hydroxylation is 1. The Morgan fingerprint density at radius 3 is 2.71 bits per heavy atom. The highest BCUT2D eigenvalue weighted by Gasteiger charge is 2.13. The Labute approximate surface area is 109 Å². The lowest BCUT2D eigenvalue weighted by atomic mass is 10.2. The molecule has 4 heteroatoms. The van der Waals surface area contributed by atoms with Crippen molar-refractivity contribution in [2.24, 2.45) is 0 Å². The summed E-state index contributed by atoms with van der Waals surface area (Å²) in [5, 5.41) is 0. The van der Waals surface area contributed by atoms with E-state index < -0.39 is 0 Å². The summed E-state index contributed by atoms with van der Waals surface area (Å²) in [6, 6.07) is 1.94. The van der Waals surface area contributed by atoms with E-state index in [9.17, 15) is 0 Å². The third-order valence-corrected chi connectivity index (χ3v) is 2.77. The van der Waals surface area contributed by atoms with Crippen molar-refractivity contribution in [3.05, 3.63) is 22.2 Å². The maximum Gasteiger partial charge on any atom is 0.137 e. The first-order chi connectivity index (χ1) is 8.21. The molecule has 96 valence electrons. The number of aromatic nitrogens is 2. The molecule has 1 N–H and O–H groups in total. The van der Waals surface area contributed by atoms with Crippen molar-refractivity contribution in [1.29, 1.82) is 0 Å². The first-order valence-corrected chi connectivity index (χ1v) is 6.83. The standard InChI is InChI=1S/C13H22N2OS/c1-4-7-10-9-12(17)15-13(14-10)11(8-5-2)16-6-3/h9,11H,4-8H2,1-3H3,(H,14,15,17). The van der Waals surface area contributed by atoms with Crippen LogP contribution in [0.2, 0.25) is 0 Å². The maximum absolute atomic E-state index is 5.72. The van der Waals surface area contributed by atoms with Crippen LogP contribution in [-0.2, 0) is 11.2 Å². The van der Waals surface area contributed by atoms with Crippen LogP contribution in [0.25, 0.3) is 0 Å². The second kappa shape index (κ2) is 7.56. The van der Waals surface area contributed by atoms with Gasteiger partial charge < -0.3 is 9.72 Å². The molecule has 0 amide bonds. The fraction of sp³-hybridized carbons (Fsp3) is 0.692. The van der Waals surface area contributed by atoms with E-state index in [1.54, 1.807) is 0 Å². The van der Waals surface area contributed by atoms with Gasteiger partial charge in [0.1, 0.15) is 16.6 Å². The Kier molecular flexibility index (Phi) is 6.37. The third kappa shape index (κ3) is 4.56. The average molecular weight is 254 g/mol. The number of hydrogen-bond donors (Lipinski definition) is 1. The van der Waals surface area contributed by atoms with Gasteiger partial charge in [-0.3, -0.25) is 0 Å². The highest BCUT2D eigenvalue weighted by atomic mass is 32.1. The molecule has 0 aliphatic carbocycles. The largest absolute Gasteiger partial charge is 0.371 e. The molecule has 0 bridgehead atoms. The summed E-state index contributed by atoms with van der Waals surface area (Å²) in [5.74, 6) is 0.879. The minimum Gasteiger partial charge on any atom is -0.371 e. The minimum atomic E-state index is 0.0449. The van der Waals surface area contributed by atoms with Gasteiger partial charge in [0.15, 0.2) is 0 Å². The molecule has 0 aromatic carbocycles. The third-order valence-electron chi connectivity index (χ3n) is 2.56. The predicted molar refractivity (Wildman–Crippen MR) is 72.7 cm³/mol. The van der Waals surface area contributed by atoms with E-state index >= 15 is 0 Å². The number of hydrogen-bond acceptors (Lipinski definition) is 3. The van der Waals surface area contributed by atoms with Crippen molar-refractivity contribution in [3.63, 3.8) is 0 Å². The highest BCUT2D eigenvalue weighted by Crippen LogP contribution is 2.19. The zero-order valence-electron chi connectivity index (χ0n) is 11.0. The van der Waals surface area contributed by atoms with Crippen molar-refractivity contribution in [1.82, 2.24) is 9.97 Å². The van der Waals surface area contributed by atoms with Gasteiger partial charge in [0.05, 0.1) is 0 Å². The lowest BCUT2D eigenvalue weighted by Gasteiger charge is -2.16. The molecule has 0 radical (unpaired) electrons. The first-order valence-electron chi connectivity index (χ1n) is 6.42. The molecule has 1 heterocycles. The van der Waals surface area contributed by atoms with E-state index in [0.29, 0.717) is 11.2 Å². The molecular formula is C13H22N2OS. The summed E-state index contributed by atoms with van der Waals surface area (Å²) in [6.07, 6.45) is 4.20. The summed E-state index contributed by atoms with van der Waals surface area (Å²) in [7, 11) is 0. The lowest BCUT2D eigenvalue weighted by Crippen LogP contribution is -2.10. The molecule has 1 aromatic rings. The summed E-state index contributed by atoms with van der Waals surface area (Å²) >= 11 is 5.20. The van der Waals surface area contributed by atoms with Crippen molar-refractivity contribution in [2.75, 3.05) is 6.61 Å². The molecule has 0 aliphatic rings. The van der Waals surface area contributed by atoms with Crippen LogP contribution < -0.4 is 0 Å². The Bertz CT molecular complexity index is 383. The summed E-state index contributed by atoms with van der Waals surface area (Å²) in [4.78, 5) is 7.74. The van der Waals surface area contributed by atoms with Gasteiger partial charge in [0.25, 0.3) is 0 Å². The Morgan fingerprint density at radius 1 is 1.35 bits per heavy atom. The second-order valence-electron chi connectivity index (χ2n) is 4.11. The SMILES string of the molecule is CCCc1cc(=S)nc(C(CCC)OCC)[nH]1. The van der Waals surface area contributed by atoms with Crippen molar-refractivity contribution < 1.29 is 4.74 Å². The molecule has 3 nitrogen and oxygen atoms in total. The molecule has 17 heavy (non-hydrogen) atoms. The van der Waals surface area contributed by atoms with Gasteiger partial charge in [0.2, 0.25) is 0 Å². The zero-order chi connectivity index (χ0) is 12.7. The Balaban J connectivity index is 2.96. The van der Waals surface area contributed by atoms with Crippen molar-refractivity contribution in [2.45, 2.75) is 52.6 Å². The Hall–Kier alpha value is -0.740. The smallest absolute Gasteiger partial charge is 0.137 e. The lowest BCUT2D eigenvalue weighted by molar-refractivity contribution is 0.0491. The predicted octanol–water partition coefficient (Wildman–Crippen LogP) is 3.97. The molecular weight excluding hydrogens is 232 g/mol. The number of nitrogens with zero attached hydrogens (tertiary/aromatic N) is 1. The molecule has 0 saturated carbocycles. The van der Waals surface area contributed by atoms with Gasteiger partial charge >= 0.3 is 0 Å². The topological polar surface area (TPSA) is 37.9 Å². The minimum absolute atomic E-state index is 0.0449. The molecule has 1 unspecified atom stereocenters. The molecule has 1 aromatic heterocycles. The van der Waals surface area contributed by atoms with Crippen molar-refractivity contribution >= 4 is 12.2 Å². The number of ether oxygens (including phenoxy) is 1. The average Bonchev–Trinajstić information content (AvgIpc) is 2.28. The summed E-state index contributed by atoms with van der Waals surface area (Å²) in [5.41, 5.74) is 1.16. The molecule has 0 spiro atoms. The quantitative estimate of drug-likeness (QED) is 0.748. The van der Waals surface area contributed by atoms with Crippen LogP contribution in [0.4, 0.5) is 0 Å². The van der Waals surface area contributed by atoms with Crippen LogP contribution in [-0.4, -0.2) is 16.6 Å². The van der Waals surface area contributed by atoms with Crippen molar-refractivity contribution in [3.8, 4) is 0 Å². The molecule has 0 aliphatic heterocycles. The van der Waals surface area contributed by atoms with E-state index in [1.807, 2.05) is 13.0 Å². The molecule has 1 atom stereocenters. The zero-order valence-corrected chi connectivity index (χ0v) is 11.8. The fourth-order valence-corrected chi connectivity index (χ4v) is 2.09. The molecule has 1 rings (SSSR count). The van der Waals surface area contributed by atoms with E-state index in [-0.39, 0.29) is 6.10 Å². The van der Waals surface area contributed by atoms with E-state index in [4.69, 9.17) is 17.0 Å². The fourth-order valence-electron chi connectivity index (χ4n) is 1.85. The number of aromatic amines is 1. The second-order valence-corrected chi connectivity index (χ2v) is 4.53. The van der Waals surface area contributed by atoms with Gasteiger partial charge in [-0.1, -0.05) is 38.9 Å². The highest BCUT2D eigenvalue weighted by molar-refractivity contribution is 7.71. The van der Waals surface area contributed by atoms with Crippen LogP contribution in [0.1, 0.15) is 57.7 Å². The summed E-state index contributed by atoms with van der Waals surface area (Å²) < 4.78 is 6.37. The monoisotopic (exact) mass is 254 g/mol. The van der Waals surface area contributed by atoms with Crippen LogP contribution in [0.5, 0.6) is 0 Å². The normalized spacial score (nSPS) is 12.6. The van der Waals surface area contributed by atoms with Gasteiger partial charge in [-0.25, -0.2) is 4.98 Å². The number of rotatable bonds is 7. The Morgan fingerprint density at radius 2 is 2.12 bits per heavy atom. The van der Waals surface area contributed by atoms with E-state index in [0.717, 1.165) is 37.2 Å². The van der Waals surface area contributed by atoms with Gasteiger partial charge in [-0.15, -0.1) is 0 Å². The van der Waals surface area contributed by atoms with Crippen LogP contribution in [0.3, 0.4) is 0 Å². The van der Waals surface area contributed by atoms with Crippen LogP contribution >= 0.6 is 12.2 Å². The number of nitrogens with one attached hydrogen (secondary N) is 1. The van der Waals surface area contributed by atoms with E-state index in [1.165, 1.54) is 0 Å². The van der Waals surface area contributed by atoms with Gasteiger partial charge in [-0.2, -0.15) is 0 Å².